The molecule has 0 atom stereocenters. The minimum Gasteiger partial charge on any atom is -0.285 e. The van der Waals surface area contributed by atoms with E-state index in [0.29, 0.717) is 0 Å². The molecule has 0 spiro atoms. The van der Waals surface area contributed by atoms with Crippen LogP contribution in [0.25, 0.3) is 10.9 Å². The molecule has 0 bridgehead atoms. The summed E-state index contributed by atoms with van der Waals surface area (Å²) in [6.07, 6.45) is 5.25. The second-order valence-electron chi connectivity index (χ2n) is 3.61. The van der Waals surface area contributed by atoms with E-state index in [1.54, 1.807) is 23.2 Å². The third-order valence-electron chi connectivity index (χ3n) is 2.23. The molecule has 0 aromatic carbocycles. The van der Waals surface area contributed by atoms with Crippen molar-refractivity contribution in [2.24, 2.45) is 5.92 Å². The largest absolute Gasteiger partial charge is 0.285 e. The van der Waals surface area contributed by atoms with Crippen molar-refractivity contribution in [1.82, 2.24) is 9.55 Å². The van der Waals surface area contributed by atoms with Gasteiger partial charge in [-0.05, 0) is 12.1 Å². The molecular weight excluding hydrogens is 176 g/mol. The van der Waals surface area contributed by atoms with Gasteiger partial charge in [-0.3, -0.25) is 14.3 Å². The van der Waals surface area contributed by atoms with E-state index in [9.17, 15) is 4.79 Å². The summed E-state index contributed by atoms with van der Waals surface area (Å²) >= 11 is 0. The second kappa shape index (κ2) is 3.25. The van der Waals surface area contributed by atoms with E-state index >= 15 is 0 Å². The summed E-state index contributed by atoms with van der Waals surface area (Å²) in [6.45, 7) is 3.79. The quantitative estimate of drug-likeness (QED) is 0.688. The van der Waals surface area contributed by atoms with E-state index in [0.717, 1.165) is 10.9 Å². The average Bonchev–Trinajstić information content (AvgIpc) is 2.60. The first-order valence-corrected chi connectivity index (χ1v) is 4.65. The van der Waals surface area contributed by atoms with Gasteiger partial charge in [0.2, 0.25) is 5.91 Å². The molecule has 0 aliphatic heterocycles. The van der Waals surface area contributed by atoms with E-state index in [2.05, 4.69) is 4.98 Å². The number of aromatic nitrogens is 2. The number of hydrogen-bond donors (Lipinski definition) is 0. The molecule has 0 N–H and O–H groups in total. The first-order chi connectivity index (χ1) is 6.70. The lowest BCUT2D eigenvalue weighted by Gasteiger charge is -2.05. The van der Waals surface area contributed by atoms with E-state index in [4.69, 9.17) is 0 Å². The summed E-state index contributed by atoms with van der Waals surface area (Å²) in [5.41, 5.74) is 0.881. The van der Waals surface area contributed by atoms with Crippen molar-refractivity contribution in [3.8, 4) is 0 Å². The minimum absolute atomic E-state index is 0.00538. The van der Waals surface area contributed by atoms with Crippen LogP contribution in [0.5, 0.6) is 0 Å². The zero-order valence-corrected chi connectivity index (χ0v) is 8.27. The van der Waals surface area contributed by atoms with Gasteiger partial charge in [0, 0.05) is 23.7 Å². The third-order valence-corrected chi connectivity index (χ3v) is 2.23. The zero-order chi connectivity index (χ0) is 10.1. The Labute approximate surface area is 82.4 Å². The number of pyridine rings is 1. The molecule has 2 heterocycles. The Kier molecular flexibility index (Phi) is 2.08. The van der Waals surface area contributed by atoms with Crippen molar-refractivity contribution in [2.45, 2.75) is 13.8 Å². The first-order valence-electron chi connectivity index (χ1n) is 4.65. The maximum atomic E-state index is 11.8. The van der Waals surface area contributed by atoms with E-state index in [1.807, 2.05) is 26.0 Å². The minimum atomic E-state index is 0.00538. The Hall–Kier alpha value is -1.64. The molecule has 2 rings (SSSR count). The summed E-state index contributed by atoms with van der Waals surface area (Å²) < 4.78 is 1.66. The Morgan fingerprint density at radius 2 is 2.21 bits per heavy atom. The topological polar surface area (TPSA) is 34.9 Å². The molecule has 2 aromatic rings. The van der Waals surface area contributed by atoms with Crippen molar-refractivity contribution in [3.05, 3.63) is 30.7 Å². The predicted molar refractivity (Wildman–Crippen MR) is 55.2 cm³/mol. The third kappa shape index (κ3) is 1.31. The fourth-order valence-corrected chi connectivity index (χ4v) is 1.44. The van der Waals surface area contributed by atoms with Crippen LogP contribution in [0.2, 0.25) is 0 Å². The number of carbonyl (C=O) groups is 1. The van der Waals surface area contributed by atoms with E-state index in [-0.39, 0.29) is 11.8 Å². The maximum Gasteiger partial charge on any atom is 0.233 e. The van der Waals surface area contributed by atoms with Gasteiger partial charge in [0.25, 0.3) is 0 Å². The molecule has 0 radical (unpaired) electrons. The lowest BCUT2D eigenvalue weighted by molar-refractivity contribution is 0.0860. The first kappa shape index (κ1) is 8.94. The number of carbonyl (C=O) groups excluding carboxylic acids is 1. The highest BCUT2D eigenvalue weighted by molar-refractivity contribution is 5.92. The summed E-state index contributed by atoms with van der Waals surface area (Å²) in [6, 6.07) is 3.83. The van der Waals surface area contributed by atoms with Crippen LogP contribution in [0, 0.1) is 5.92 Å². The molecule has 0 unspecified atom stereocenters. The summed E-state index contributed by atoms with van der Waals surface area (Å²) in [7, 11) is 0. The van der Waals surface area contributed by atoms with Crippen LogP contribution in [-0.2, 0) is 0 Å². The molecule has 72 valence electrons. The maximum absolute atomic E-state index is 11.8. The van der Waals surface area contributed by atoms with Crippen molar-refractivity contribution in [3.63, 3.8) is 0 Å². The summed E-state index contributed by atoms with van der Waals surface area (Å²) in [5.74, 6) is 0.110. The Morgan fingerprint density at radius 3 is 2.93 bits per heavy atom. The summed E-state index contributed by atoms with van der Waals surface area (Å²) in [5, 5.41) is 1.05. The monoisotopic (exact) mass is 188 g/mol. The Balaban J connectivity index is 2.58. The SMILES string of the molecule is CC(C)C(=O)n1ccc2ccncc21. The van der Waals surface area contributed by atoms with Crippen LogP contribution in [0.15, 0.2) is 30.7 Å². The van der Waals surface area contributed by atoms with Crippen LogP contribution in [0.1, 0.15) is 18.6 Å². The molecule has 14 heavy (non-hydrogen) atoms. The molecular formula is C11H12N2O. The highest BCUT2D eigenvalue weighted by atomic mass is 16.2. The van der Waals surface area contributed by atoms with Gasteiger partial charge in [-0.2, -0.15) is 0 Å². The molecule has 0 saturated carbocycles. The van der Waals surface area contributed by atoms with Gasteiger partial charge in [-0.15, -0.1) is 0 Å². The molecule has 3 heteroatoms. The van der Waals surface area contributed by atoms with Crippen molar-refractivity contribution in [1.29, 1.82) is 0 Å². The van der Waals surface area contributed by atoms with Gasteiger partial charge in [0.05, 0.1) is 11.7 Å². The van der Waals surface area contributed by atoms with Crippen LogP contribution in [-0.4, -0.2) is 15.5 Å². The normalized spacial score (nSPS) is 11.1. The highest BCUT2D eigenvalue weighted by Crippen LogP contribution is 2.15. The van der Waals surface area contributed by atoms with E-state index in [1.165, 1.54) is 0 Å². The Bertz CT molecular complexity index is 471. The molecule has 0 aliphatic rings. The van der Waals surface area contributed by atoms with Crippen LogP contribution in [0.3, 0.4) is 0 Å². The van der Waals surface area contributed by atoms with Crippen molar-refractivity contribution >= 4 is 16.8 Å². The Morgan fingerprint density at radius 1 is 1.43 bits per heavy atom. The smallest absolute Gasteiger partial charge is 0.233 e. The predicted octanol–water partition coefficient (Wildman–Crippen LogP) is 2.33. The highest BCUT2D eigenvalue weighted by Gasteiger charge is 2.11. The van der Waals surface area contributed by atoms with Crippen molar-refractivity contribution < 1.29 is 4.79 Å². The molecule has 0 aliphatic carbocycles. The number of rotatable bonds is 1. The lowest BCUT2D eigenvalue weighted by atomic mass is 10.2. The molecule has 0 saturated heterocycles. The van der Waals surface area contributed by atoms with Gasteiger partial charge < -0.3 is 0 Å². The van der Waals surface area contributed by atoms with Gasteiger partial charge in [-0.25, -0.2) is 0 Å². The van der Waals surface area contributed by atoms with Gasteiger partial charge in [0.1, 0.15) is 0 Å². The number of nitrogens with zero attached hydrogens (tertiary/aromatic N) is 2. The average molecular weight is 188 g/mol. The lowest BCUT2D eigenvalue weighted by Crippen LogP contribution is -2.15. The van der Waals surface area contributed by atoms with Gasteiger partial charge in [0.15, 0.2) is 0 Å². The molecule has 0 amide bonds. The summed E-state index contributed by atoms with van der Waals surface area (Å²) in [4.78, 5) is 15.8. The number of hydrogen-bond acceptors (Lipinski definition) is 2. The van der Waals surface area contributed by atoms with Gasteiger partial charge >= 0.3 is 0 Å². The van der Waals surface area contributed by atoms with Crippen LogP contribution < -0.4 is 0 Å². The van der Waals surface area contributed by atoms with Crippen molar-refractivity contribution in [2.75, 3.05) is 0 Å². The number of fused-ring (bicyclic) bond motifs is 1. The van der Waals surface area contributed by atoms with Gasteiger partial charge in [-0.1, -0.05) is 13.8 Å². The van der Waals surface area contributed by atoms with E-state index < -0.39 is 0 Å². The molecule has 2 aromatic heterocycles. The standard InChI is InChI=1S/C11H12N2O/c1-8(2)11(14)13-6-4-9-3-5-12-7-10(9)13/h3-8H,1-2H3. The second-order valence-corrected chi connectivity index (χ2v) is 3.61. The van der Waals surface area contributed by atoms with Crippen LogP contribution >= 0.6 is 0 Å². The fraction of sp³-hybridized carbons (Fsp3) is 0.273. The zero-order valence-electron chi connectivity index (χ0n) is 8.27. The fourth-order valence-electron chi connectivity index (χ4n) is 1.44. The molecule has 0 fully saturated rings. The van der Waals surface area contributed by atoms with Crippen LogP contribution in [0.4, 0.5) is 0 Å². The molecule has 3 nitrogen and oxygen atoms in total.